The number of methoxy groups -OCH3 is 3. The highest BCUT2D eigenvalue weighted by Crippen LogP contribution is 2.36. The largest absolute Gasteiger partial charge is 0.497 e. The molecule has 45 heavy (non-hydrogen) atoms. The average Bonchev–Trinajstić information content (AvgIpc) is 3.56. The molecule has 1 saturated carbocycles. The van der Waals surface area contributed by atoms with E-state index in [1.165, 1.54) is 37.3 Å². The SMILES string of the molecule is CCC(C(=O)NC1CCCC1)N(Cc1ccc(OC)cc1)C(=O)CN(c1cc(OC)ccc1OC)S(=O)(=O)c1ccc(C)cc1. The summed E-state index contributed by atoms with van der Waals surface area (Å²) in [5.74, 6) is 0.493. The van der Waals surface area contributed by atoms with Gasteiger partial charge in [0, 0.05) is 18.7 Å². The molecule has 242 valence electrons. The molecule has 2 amide bonds. The van der Waals surface area contributed by atoms with Gasteiger partial charge in [0.25, 0.3) is 10.0 Å². The van der Waals surface area contributed by atoms with Crippen LogP contribution in [-0.4, -0.2) is 65.1 Å². The molecule has 4 rings (SSSR count). The van der Waals surface area contributed by atoms with E-state index in [0.717, 1.165) is 41.1 Å². The lowest BCUT2D eigenvalue weighted by molar-refractivity contribution is -0.140. The maximum atomic E-state index is 14.4. The first-order valence-corrected chi connectivity index (χ1v) is 16.6. The third kappa shape index (κ3) is 8.08. The minimum Gasteiger partial charge on any atom is -0.497 e. The van der Waals surface area contributed by atoms with Crippen molar-refractivity contribution in [3.05, 3.63) is 77.9 Å². The van der Waals surface area contributed by atoms with Gasteiger partial charge < -0.3 is 24.4 Å². The van der Waals surface area contributed by atoms with E-state index < -0.39 is 28.5 Å². The molecule has 1 fully saturated rings. The zero-order valence-electron chi connectivity index (χ0n) is 26.6. The molecule has 0 spiro atoms. The number of aryl methyl sites for hydroxylation is 1. The highest BCUT2D eigenvalue weighted by Gasteiger charge is 2.35. The van der Waals surface area contributed by atoms with Gasteiger partial charge in [-0.1, -0.05) is 49.6 Å². The first-order chi connectivity index (χ1) is 21.6. The number of benzene rings is 3. The zero-order valence-corrected chi connectivity index (χ0v) is 27.4. The van der Waals surface area contributed by atoms with E-state index in [-0.39, 0.29) is 34.8 Å². The molecule has 1 N–H and O–H groups in total. The quantitative estimate of drug-likeness (QED) is 0.262. The Balaban J connectivity index is 1.78. The minimum absolute atomic E-state index is 0.0125. The number of sulfonamides is 1. The van der Waals surface area contributed by atoms with Gasteiger partial charge >= 0.3 is 0 Å². The lowest BCUT2D eigenvalue weighted by atomic mass is 10.1. The molecule has 0 bridgehead atoms. The number of rotatable bonds is 14. The molecule has 0 aromatic heterocycles. The second-order valence-electron chi connectivity index (χ2n) is 11.1. The van der Waals surface area contributed by atoms with Gasteiger partial charge in [-0.15, -0.1) is 0 Å². The summed E-state index contributed by atoms with van der Waals surface area (Å²) in [6, 6.07) is 17.6. The molecule has 0 radical (unpaired) electrons. The Morgan fingerprint density at radius 1 is 0.889 bits per heavy atom. The Labute approximate surface area is 266 Å². The van der Waals surface area contributed by atoms with E-state index in [2.05, 4.69) is 5.32 Å². The van der Waals surface area contributed by atoms with Gasteiger partial charge in [-0.05, 0) is 68.1 Å². The second-order valence-corrected chi connectivity index (χ2v) is 13.0. The maximum Gasteiger partial charge on any atom is 0.264 e. The molecule has 0 heterocycles. The molecule has 1 aliphatic carbocycles. The van der Waals surface area contributed by atoms with Crippen molar-refractivity contribution in [2.45, 2.75) is 69.5 Å². The minimum atomic E-state index is -4.28. The lowest BCUT2D eigenvalue weighted by Crippen LogP contribution is -2.53. The van der Waals surface area contributed by atoms with Crippen LogP contribution >= 0.6 is 0 Å². The van der Waals surface area contributed by atoms with Gasteiger partial charge in [0.2, 0.25) is 11.8 Å². The Morgan fingerprint density at radius 3 is 2.09 bits per heavy atom. The van der Waals surface area contributed by atoms with E-state index in [1.54, 1.807) is 43.5 Å². The molecule has 3 aromatic rings. The highest BCUT2D eigenvalue weighted by molar-refractivity contribution is 7.92. The fourth-order valence-electron chi connectivity index (χ4n) is 5.56. The predicted molar refractivity (Wildman–Crippen MR) is 173 cm³/mol. The van der Waals surface area contributed by atoms with Gasteiger partial charge in [-0.25, -0.2) is 8.42 Å². The van der Waals surface area contributed by atoms with Crippen molar-refractivity contribution in [2.24, 2.45) is 0 Å². The van der Waals surface area contributed by atoms with Crippen LogP contribution in [0.25, 0.3) is 0 Å². The Morgan fingerprint density at radius 2 is 1.51 bits per heavy atom. The number of ether oxygens (including phenoxy) is 3. The van der Waals surface area contributed by atoms with Crippen LogP contribution in [0.5, 0.6) is 17.2 Å². The van der Waals surface area contributed by atoms with Crippen molar-refractivity contribution >= 4 is 27.5 Å². The van der Waals surface area contributed by atoms with E-state index in [1.807, 2.05) is 26.0 Å². The van der Waals surface area contributed by atoms with Gasteiger partial charge in [-0.3, -0.25) is 13.9 Å². The van der Waals surface area contributed by atoms with Gasteiger partial charge in [0.1, 0.15) is 29.8 Å². The van der Waals surface area contributed by atoms with Crippen molar-refractivity contribution in [3.8, 4) is 17.2 Å². The number of carbonyl (C=O) groups is 2. The standard InChI is InChI=1S/C34H43N3O7S/c1-6-30(34(39)35-26-9-7-8-10-26)36(22-25-13-15-27(42-3)16-14-25)33(38)23-37(31-21-28(43-4)17-20-32(31)44-5)45(40,41)29-18-11-24(2)12-19-29/h11-21,26,30H,6-10,22-23H2,1-5H3,(H,35,39). The summed E-state index contributed by atoms with van der Waals surface area (Å²) in [5.41, 5.74) is 1.79. The molecule has 1 atom stereocenters. The Kier molecular flexibility index (Phi) is 11.3. The predicted octanol–water partition coefficient (Wildman–Crippen LogP) is 5.08. The maximum absolute atomic E-state index is 14.4. The Bertz CT molecular complexity index is 1550. The Hall–Kier alpha value is -4.25. The number of nitrogens with zero attached hydrogens (tertiary/aromatic N) is 2. The van der Waals surface area contributed by atoms with Crippen molar-refractivity contribution in [3.63, 3.8) is 0 Å². The van der Waals surface area contributed by atoms with Crippen LogP contribution in [0.2, 0.25) is 0 Å². The molecule has 1 aliphatic rings. The van der Waals surface area contributed by atoms with Gasteiger partial charge in [-0.2, -0.15) is 0 Å². The number of nitrogens with one attached hydrogen (secondary N) is 1. The van der Waals surface area contributed by atoms with Crippen LogP contribution in [-0.2, 0) is 26.2 Å². The van der Waals surface area contributed by atoms with Gasteiger partial charge in [0.05, 0.1) is 31.9 Å². The summed E-state index contributed by atoms with van der Waals surface area (Å²) in [5, 5.41) is 3.13. The zero-order chi connectivity index (χ0) is 32.6. The number of hydrogen-bond donors (Lipinski definition) is 1. The fourth-order valence-corrected chi connectivity index (χ4v) is 6.97. The molecule has 3 aromatic carbocycles. The summed E-state index contributed by atoms with van der Waals surface area (Å²) in [7, 11) is 0.198. The molecule has 10 nitrogen and oxygen atoms in total. The van der Waals surface area contributed by atoms with E-state index in [0.29, 0.717) is 17.9 Å². The molecule has 0 aliphatic heterocycles. The smallest absolute Gasteiger partial charge is 0.264 e. The average molecular weight is 638 g/mol. The van der Waals surface area contributed by atoms with Crippen LogP contribution in [0.4, 0.5) is 5.69 Å². The number of anilines is 1. The van der Waals surface area contributed by atoms with Crippen molar-refractivity contribution in [1.82, 2.24) is 10.2 Å². The summed E-state index contributed by atoms with van der Waals surface area (Å²) in [6.07, 6.45) is 4.22. The summed E-state index contributed by atoms with van der Waals surface area (Å²) in [6.45, 7) is 3.22. The normalized spacial score (nSPS) is 14.0. The summed E-state index contributed by atoms with van der Waals surface area (Å²) in [4.78, 5) is 29.6. The van der Waals surface area contributed by atoms with Gasteiger partial charge in [0.15, 0.2) is 0 Å². The first-order valence-electron chi connectivity index (χ1n) is 15.2. The summed E-state index contributed by atoms with van der Waals surface area (Å²) < 4.78 is 45.8. The number of carbonyl (C=O) groups excluding carboxylic acids is 2. The summed E-state index contributed by atoms with van der Waals surface area (Å²) >= 11 is 0. The number of amides is 2. The third-order valence-electron chi connectivity index (χ3n) is 8.14. The van der Waals surface area contributed by atoms with Crippen LogP contribution < -0.4 is 23.8 Å². The number of hydrogen-bond acceptors (Lipinski definition) is 7. The van der Waals surface area contributed by atoms with Crippen molar-refractivity contribution in [1.29, 1.82) is 0 Å². The van der Waals surface area contributed by atoms with Crippen LogP contribution in [0, 0.1) is 6.92 Å². The monoisotopic (exact) mass is 637 g/mol. The fraction of sp³-hybridized carbons (Fsp3) is 0.412. The van der Waals surface area contributed by atoms with Crippen LogP contribution in [0.15, 0.2) is 71.6 Å². The van der Waals surface area contributed by atoms with Crippen molar-refractivity contribution < 1.29 is 32.2 Å². The van der Waals surface area contributed by atoms with Crippen LogP contribution in [0.3, 0.4) is 0 Å². The van der Waals surface area contributed by atoms with Crippen LogP contribution in [0.1, 0.15) is 50.2 Å². The van der Waals surface area contributed by atoms with E-state index in [9.17, 15) is 18.0 Å². The molecular weight excluding hydrogens is 594 g/mol. The highest BCUT2D eigenvalue weighted by atomic mass is 32.2. The third-order valence-corrected chi connectivity index (χ3v) is 9.92. The topological polar surface area (TPSA) is 114 Å². The first kappa shape index (κ1) is 33.6. The molecule has 11 heteroatoms. The van der Waals surface area contributed by atoms with E-state index in [4.69, 9.17) is 14.2 Å². The second kappa shape index (κ2) is 15.2. The lowest BCUT2D eigenvalue weighted by Gasteiger charge is -2.34. The van der Waals surface area contributed by atoms with E-state index >= 15 is 0 Å². The molecule has 0 saturated heterocycles. The molecule has 1 unspecified atom stereocenters. The van der Waals surface area contributed by atoms with Crippen molar-refractivity contribution in [2.75, 3.05) is 32.2 Å². The molecular formula is C34H43N3O7S.